The molecule has 0 unspecified atom stereocenters. The van der Waals surface area contributed by atoms with Crippen molar-refractivity contribution in [3.05, 3.63) is 29.6 Å². The van der Waals surface area contributed by atoms with Crippen LogP contribution in [0.3, 0.4) is 0 Å². The number of carbonyl (C=O) groups excluding carboxylic acids is 1. The number of nitrogens with one attached hydrogen (secondary N) is 1. The van der Waals surface area contributed by atoms with Gasteiger partial charge in [-0.3, -0.25) is 4.79 Å². The van der Waals surface area contributed by atoms with Gasteiger partial charge in [0.1, 0.15) is 5.82 Å². The first-order valence-electron chi connectivity index (χ1n) is 5.09. The number of aliphatic hydroxyl groups is 1. The maximum Gasteiger partial charge on any atom is 0.253 e. The minimum atomic E-state index is -0.464. The van der Waals surface area contributed by atoms with Gasteiger partial charge in [-0.05, 0) is 31.0 Å². The summed E-state index contributed by atoms with van der Waals surface area (Å²) in [5.41, 5.74) is 5.91. The Morgan fingerprint density at radius 2 is 2.19 bits per heavy atom. The van der Waals surface area contributed by atoms with Crippen LogP contribution in [0.4, 0.5) is 10.1 Å². The first kappa shape index (κ1) is 12.4. The second kappa shape index (κ2) is 6.07. The highest BCUT2D eigenvalue weighted by molar-refractivity contribution is 5.99. The van der Waals surface area contributed by atoms with Crippen LogP contribution in [-0.4, -0.2) is 24.2 Å². The predicted octanol–water partition coefficient (Wildman–Crippen LogP) is 0.910. The third kappa shape index (κ3) is 3.51. The monoisotopic (exact) mass is 226 g/mol. The summed E-state index contributed by atoms with van der Waals surface area (Å²) >= 11 is 0. The molecule has 0 atom stereocenters. The fourth-order valence-electron chi connectivity index (χ4n) is 1.27. The molecule has 0 aliphatic rings. The Balaban J connectivity index is 2.53. The van der Waals surface area contributed by atoms with Crippen LogP contribution in [0.1, 0.15) is 23.2 Å². The van der Waals surface area contributed by atoms with Crippen LogP contribution in [-0.2, 0) is 0 Å². The van der Waals surface area contributed by atoms with E-state index in [1.165, 1.54) is 12.1 Å². The number of amides is 1. The van der Waals surface area contributed by atoms with E-state index >= 15 is 0 Å². The van der Waals surface area contributed by atoms with Gasteiger partial charge in [0.25, 0.3) is 5.91 Å². The quantitative estimate of drug-likeness (QED) is 0.516. The third-order valence-electron chi connectivity index (χ3n) is 2.13. The number of halogens is 1. The summed E-state index contributed by atoms with van der Waals surface area (Å²) in [5.74, 6) is -0.787. The molecule has 1 aromatic rings. The minimum Gasteiger partial charge on any atom is -0.398 e. The lowest BCUT2D eigenvalue weighted by molar-refractivity contribution is 0.0953. The standard InChI is InChI=1S/C11H15FN2O2/c12-8-3-4-9(10(13)7-8)11(16)14-5-1-2-6-15/h3-4,7,15H,1-2,5-6,13H2,(H,14,16). The summed E-state index contributed by atoms with van der Waals surface area (Å²) in [4.78, 5) is 11.6. The Morgan fingerprint density at radius 1 is 1.44 bits per heavy atom. The van der Waals surface area contributed by atoms with Crippen molar-refractivity contribution in [2.75, 3.05) is 18.9 Å². The van der Waals surface area contributed by atoms with Gasteiger partial charge in [-0.25, -0.2) is 4.39 Å². The van der Waals surface area contributed by atoms with Gasteiger partial charge in [-0.15, -0.1) is 0 Å². The lowest BCUT2D eigenvalue weighted by Crippen LogP contribution is -2.25. The van der Waals surface area contributed by atoms with Crippen molar-refractivity contribution < 1.29 is 14.3 Å². The molecule has 5 heteroatoms. The van der Waals surface area contributed by atoms with E-state index in [2.05, 4.69) is 5.32 Å². The molecule has 0 saturated heterocycles. The molecule has 4 N–H and O–H groups in total. The Hall–Kier alpha value is -1.62. The Kier molecular flexibility index (Phi) is 4.72. The number of aliphatic hydroxyl groups excluding tert-OH is 1. The summed E-state index contributed by atoms with van der Waals surface area (Å²) in [5, 5.41) is 11.2. The summed E-state index contributed by atoms with van der Waals surface area (Å²) in [7, 11) is 0. The topological polar surface area (TPSA) is 75.4 Å². The first-order valence-corrected chi connectivity index (χ1v) is 5.09. The maximum absolute atomic E-state index is 12.7. The lowest BCUT2D eigenvalue weighted by Gasteiger charge is -2.06. The van der Waals surface area contributed by atoms with E-state index in [-0.39, 0.29) is 23.8 Å². The van der Waals surface area contributed by atoms with Crippen molar-refractivity contribution in [1.82, 2.24) is 5.32 Å². The normalized spacial score (nSPS) is 10.1. The van der Waals surface area contributed by atoms with E-state index in [0.29, 0.717) is 19.4 Å². The van der Waals surface area contributed by atoms with Gasteiger partial charge in [-0.1, -0.05) is 0 Å². The highest BCUT2D eigenvalue weighted by atomic mass is 19.1. The fourth-order valence-corrected chi connectivity index (χ4v) is 1.27. The van der Waals surface area contributed by atoms with Crippen molar-refractivity contribution >= 4 is 11.6 Å². The zero-order valence-electron chi connectivity index (χ0n) is 8.87. The smallest absolute Gasteiger partial charge is 0.253 e. The van der Waals surface area contributed by atoms with Crippen molar-refractivity contribution in [2.45, 2.75) is 12.8 Å². The van der Waals surface area contributed by atoms with Crippen LogP contribution < -0.4 is 11.1 Å². The average molecular weight is 226 g/mol. The van der Waals surface area contributed by atoms with Crippen LogP contribution in [0.15, 0.2) is 18.2 Å². The summed E-state index contributed by atoms with van der Waals surface area (Å²) in [6.07, 6.45) is 1.34. The number of unbranched alkanes of at least 4 members (excludes halogenated alkanes) is 1. The van der Waals surface area contributed by atoms with E-state index < -0.39 is 5.82 Å². The van der Waals surface area contributed by atoms with Gasteiger partial charge >= 0.3 is 0 Å². The first-order chi connectivity index (χ1) is 7.65. The van der Waals surface area contributed by atoms with Crippen molar-refractivity contribution in [3.8, 4) is 0 Å². The van der Waals surface area contributed by atoms with Crippen LogP contribution in [0.2, 0.25) is 0 Å². The Bertz CT molecular complexity index is 369. The van der Waals surface area contributed by atoms with Crippen LogP contribution >= 0.6 is 0 Å². The van der Waals surface area contributed by atoms with E-state index in [9.17, 15) is 9.18 Å². The average Bonchev–Trinajstić information content (AvgIpc) is 2.24. The van der Waals surface area contributed by atoms with E-state index in [1.807, 2.05) is 0 Å². The maximum atomic E-state index is 12.7. The number of hydrogen-bond donors (Lipinski definition) is 3. The van der Waals surface area contributed by atoms with Gasteiger partial charge in [0.15, 0.2) is 0 Å². The molecule has 1 aromatic carbocycles. The van der Waals surface area contributed by atoms with Crippen molar-refractivity contribution in [3.63, 3.8) is 0 Å². The fraction of sp³-hybridized carbons (Fsp3) is 0.364. The number of nitrogen functional groups attached to an aromatic ring is 1. The highest BCUT2D eigenvalue weighted by Gasteiger charge is 2.09. The molecule has 16 heavy (non-hydrogen) atoms. The molecule has 0 heterocycles. The molecule has 0 saturated carbocycles. The summed E-state index contributed by atoms with van der Waals surface area (Å²) < 4.78 is 12.7. The van der Waals surface area contributed by atoms with Crippen molar-refractivity contribution in [1.29, 1.82) is 0 Å². The van der Waals surface area contributed by atoms with Crippen LogP contribution in [0.5, 0.6) is 0 Å². The third-order valence-corrected chi connectivity index (χ3v) is 2.13. The summed E-state index contributed by atoms with van der Waals surface area (Å²) in [6, 6.07) is 3.66. The highest BCUT2D eigenvalue weighted by Crippen LogP contribution is 2.12. The molecule has 0 aromatic heterocycles. The molecule has 4 nitrogen and oxygen atoms in total. The molecule has 0 fully saturated rings. The van der Waals surface area contributed by atoms with Gasteiger partial charge in [0, 0.05) is 18.8 Å². The lowest BCUT2D eigenvalue weighted by atomic mass is 10.1. The number of anilines is 1. The molecule has 88 valence electrons. The van der Waals surface area contributed by atoms with Gasteiger partial charge in [-0.2, -0.15) is 0 Å². The largest absolute Gasteiger partial charge is 0.398 e. The number of benzene rings is 1. The molecule has 0 bridgehead atoms. The second-order valence-corrected chi connectivity index (χ2v) is 3.42. The molecule has 1 amide bonds. The van der Waals surface area contributed by atoms with Crippen LogP contribution in [0.25, 0.3) is 0 Å². The number of nitrogens with two attached hydrogens (primary N) is 1. The minimum absolute atomic E-state index is 0.106. The van der Waals surface area contributed by atoms with Gasteiger partial charge < -0.3 is 16.2 Å². The Morgan fingerprint density at radius 3 is 2.81 bits per heavy atom. The number of hydrogen-bond acceptors (Lipinski definition) is 3. The second-order valence-electron chi connectivity index (χ2n) is 3.42. The molecular weight excluding hydrogens is 211 g/mol. The molecule has 0 aliphatic carbocycles. The summed E-state index contributed by atoms with van der Waals surface area (Å²) in [6.45, 7) is 0.574. The molecule has 0 aliphatic heterocycles. The SMILES string of the molecule is Nc1cc(F)ccc1C(=O)NCCCCO. The van der Waals surface area contributed by atoms with Crippen molar-refractivity contribution in [2.24, 2.45) is 0 Å². The van der Waals surface area contributed by atoms with Gasteiger partial charge in [0.05, 0.1) is 5.56 Å². The predicted molar refractivity (Wildman–Crippen MR) is 59.5 cm³/mol. The van der Waals surface area contributed by atoms with Crippen LogP contribution in [0, 0.1) is 5.82 Å². The van der Waals surface area contributed by atoms with E-state index in [1.54, 1.807) is 0 Å². The van der Waals surface area contributed by atoms with E-state index in [0.717, 1.165) is 6.07 Å². The molecule has 0 radical (unpaired) electrons. The molecule has 0 spiro atoms. The van der Waals surface area contributed by atoms with Gasteiger partial charge in [0.2, 0.25) is 0 Å². The number of carbonyl (C=O) groups is 1. The Labute approximate surface area is 93.3 Å². The molecule has 1 rings (SSSR count). The number of rotatable bonds is 5. The molecular formula is C11H15FN2O2. The zero-order valence-corrected chi connectivity index (χ0v) is 8.87. The van der Waals surface area contributed by atoms with E-state index in [4.69, 9.17) is 10.8 Å². The zero-order chi connectivity index (χ0) is 12.0.